The number of carbonyl (C=O) groups excluding carboxylic acids is 1. The third-order valence-corrected chi connectivity index (χ3v) is 4.49. The molecular formula is C15H20N2O. The van der Waals surface area contributed by atoms with Gasteiger partial charge < -0.3 is 9.80 Å². The molecule has 3 nitrogen and oxygen atoms in total. The van der Waals surface area contributed by atoms with Crippen molar-refractivity contribution in [2.45, 2.75) is 18.9 Å². The van der Waals surface area contributed by atoms with Crippen LogP contribution in [0.25, 0.3) is 0 Å². The quantitative estimate of drug-likeness (QED) is 0.753. The van der Waals surface area contributed by atoms with Gasteiger partial charge in [0.05, 0.1) is 0 Å². The summed E-state index contributed by atoms with van der Waals surface area (Å²) in [6, 6.07) is 9.18. The lowest BCUT2D eigenvalue weighted by atomic mass is 9.94. The minimum atomic E-state index is 0.208. The molecule has 0 bridgehead atoms. The van der Waals surface area contributed by atoms with Gasteiger partial charge in [-0.3, -0.25) is 4.79 Å². The Morgan fingerprint density at radius 2 is 1.89 bits per heavy atom. The van der Waals surface area contributed by atoms with E-state index >= 15 is 0 Å². The van der Waals surface area contributed by atoms with Crippen molar-refractivity contribution < 1.29 is 4.79 Å². The maximum absolute atomic E-state index is 11.6. The highest BCUT2D eigenvalue weighted by Crippen LogP contribution is 2.50. The number of benzene rings is 1. The summed E-state index contributed by atoms with van der Waals surface area (Å²) in [6.07, 6.45) is 0. The second-order valence-electron chi connectivity index (χ2n) is 5.73. The maximum Gasteiger partial charge on any atom is 0.219 e. The third-order valence-electron chi connectivity index (χ3n) is 4.49. The van der Waals surface area contributed by atoms with Crippen molar-refractivity contribution in [1.82, 2.24) is 9.80 Å². The molecule has 0 N–H and O–H groups in total. The first-order valence-corrected chi connectivity index (χ1v) is 6.60. The van der Waals surface area contributed by atoms with Crippen LogP contribution in [0.4, 0.5) is 0 Å². The Morgan fingerprint density at radius 3 is 2.50 bits per heavy atom. The van der Waals surface area contributed by atoms with Gasteiger partial charge in [-0.05, 0) is 25.2 Å². The molecule has 96 valence electrons. The molecule has 1 fully saturated rings. The smallest absolute Gasteiger partial charge is 0.219 e. The molecule has 0 radical (unpaired) electrons. The van der Waals surface area contributed by atoms with Crippen LogP contribution < -0.4 is 0 Å². The van der Waals surface area contributed by atoms with Crippen molar-refractivity contribution in [2.24, 2.45) is 5.92 Å². The second-order valence-corrected chi connectivity index (χ2v) is 5.73. The van der Waals surface area contributed by atoms with Crippen LogP contribution in [0, 0.1) is 5.92 Å². The van der Waals surface area contributed by atoms with E-state index in [0.717, 1.165) is 13.1 Å². The number of hydrogen-bond acceptors (Lipinski definition) is 2. The Morgan fingerprint density at radius 1 is 1.22 bits per heavy atom. The number of carbonyl (C=O) groups is 1. The molecule has 3 heteroatoms. The Labute approximate surface area is 108 Å². The summed E-state index contributed by atoms with van der Waals surface area (Å²) in [5.74, 6) is 1.29. The summed E-state index contributed by atoms with van der Waals surface area (Å²) in [5, 5.41) is 0. The van der Waals surface area contributed by atoms with Gasteiger partial charge in [0.1, 0.15) is 0 Å². The third kappa shape index (κ3) is 1.57. The molecule has 1 aliphatic heterocycles. The number of likely N-dealkylation sites (tertiary alicyclic amines) is 1. The number of nitrogens with zero attached hydrogens (tertiary/aromatic N) is 2. The minimum absolute atomic E-state index is 0.208. The van der Waals surface area contributed by atoms with E-state index < -0.39 is 0 Å². The van der Waals surface area contributed by atoms with Crippen molar-refractivity contribution in [2.75, 3.05) is 27.2 Å². The van der Waals surface area contributed by atoms with E-state index in [2.05, 4.69) is 43.3 Å². The molecule has 1 heterocycles. The Kier molecular flexibility index (Phi) is 2.67. The number of amides is 1. The van der Waals surface area contributed by atoms with Crippen molar-refractivity contribution >= 4 is 5.91 Å². The molecule has 1 saturated heterocycles. The van der Waals surface area contributed by atoms with Crippen LogP contribution in [0.3, 0.4) is 0 Å². The predicted molar refractivity (Wildman–Crippen MR) is 71.4 cm³/mol. The number of hydrogen-bond donors (Lipinski definition) is 0. The van der Waals surface area contributed by atoms with E-state index in [0.29, 0.717) is 17.9 Å². The first kappa shape index (κ1) is 11.7. The average molecular weight is 244 g/mol. The molecule has 1 aromatic carbocycles. The zero-order valence-electron chi connectivity index (χ0n) is 11.3. The molecule has 1 aromatic rings. The van der Waals surface area contributed by atoms with E-state index in [1.807, 2.05) is 4.90 Å². The largest absolute Gasteiger partial charge is 0.342 e. The fourth-order valence-electron chi connectivity index (χ4n) is 3.74. The highest BCUT2D eigenvalue weighted by Gasteiger charge is 2.47. The molecule has 3 atom stereocenters. The second kappa shape index (κ2) is 4.09. The Bertz CT molecular complexity index is 483. The highest BCUT2D eigenvalue weighted by atomic mass is 16.2. The van der Waals surface area contributed by atoms with Gasteiger partial charge in [0.25, 0.3) is 0 Å². The van der Waals surface area contributed by atoms with Gasteiger partial charge in [0.15, 0.2) is 0 Å². The van der Waals surface area contributed by atoms with Crippen LogP contribution in [-0.4, -0.2) is 42.9 Å². The maximum atomic E-state index is 11.6. The standard InChI is InChI=1S/C15H20N2O/c1-10(18)17-8-13-11-6-4-5-7-12(11)15(16(2)3)14(13)9-17/h4-7,13-15H,8-9H2,1-3H3/t13-,14-,15-/m0/s1. The summed E-state index contributed by atoms with van der Waals surface area (Å²) in [7, 11) is 4.28. The zero-order chi connectivity index (χ0) is 12.9. The van der Waals surface area contributed by atoms with Crippen molar-refractivity contribution in [3.8, 4) is 0 Å². The minimum Gasteiger partial charge on any atom is -0.342 e. The van der Waals surface area contributed by atoms with Crippen LogP contribution in [-0.2, 0) is 4.79 Å². The summed E-state index contributed by atoms with van der Waals surface area (Å²) >= 11 is 0. The van der Waals surface area contributed by atoms with E-state index in [-0.39, 0.29) is 5.91 Å². The summed E-state index contributed by atoms with van der Waals surface area (Å²) in [4.78, 5) is 15.9. The summed E-state index contributed by atoms with van der Waals surface area (Å²) in [5.41, 5.74) is 2.91. The normalized spacial score (nSPS) is 29.6. The molecule has 2 aliphatic rings. The van der Waals surface area contributed by atoms with Gasteiger partial charge in [0, 0.05) is 37.9 Å². The molecule has 0 aromatic heterocycles. The molecule has 3 rings (SSSR count). The molecular weight excluding hydrogens is 224 g/mol. The average Bonchev–Trinajstić information content (AvgIpc) is 2.84. The van der Waals surface area contributed by atoms with Crippen LogP contribution >= 0.6 is 0 Å². The molecule has 1 aliphatic carbocycles. The lowest BCUT2D eigenvalue weighted by molar-refractivity contribution is -0.128. The fourth-order valence-corrected chi connectivity index (χ4v) is 3.74. The van der Waals surface area contributed by atoms with Crippen molar-refractivity contribution in [3.05, 3.63) is 35.4 Å². The van der Waals surface area contributed by atoms with Crippen LogP contribution in [0.1, 0.15) is 30.0 Å². The highest BCUT2D eigenvalue weighted by molar-refractivity contribution is 5.74. The molecule has 18 heavy (non-hydrogen) atoms. The van der Waals surface area contributed by atoms with Crippen LogP contribution in [0.5, 0.6) is 0 Å². The molecule has 0 unspecified atom stereocenters. The number of fused-ring (bicyclic) bond motifs is 3. The predicted octanol–water partition coefficient (Wildman–Crippen LogP) is 1.86. The van der Waals surface area contributed by atoms with Gasteiger partial charge >= 0.3 is 0 Å². The Hall–Kier alpha value is -1.35. The summed E-state index contributed by atoms with van der Waals surface area (Å²) in [6.45, 7) is 3.47. The van der Waals surface area contributed by atoms with Gasteiger partial charge in [-0.25, -0.2) is 0 Å². The SMILES string of the molecule is CC(=O)N1C[C@H]2[C@@H](C1)c1ccccc1[C@@H]2N(C)C. The first-order chi connectivity index (χ1) is 8.59. The van der Waals surface area contributed by atoms with Gasteiger partial charge in [0.2, 0.25) is 5.91 Å². The van der Waals surface area contributed by atoms with Crippen LogP contribution in [0.15, 0.2) is 24.3 Å². The number of rotatable bonds is 1. The topological polar surface area (TPSA) is 23.6 Å². The van der Waals surface area contributed by atoms with E-state index in [1.54, 1.807) is 6.92 Å². The van der Waals surface area contributed by atoms with E-state index in [9.17, 15) is 4.79 Å². The van der Waals surface area contributed by atoms with E-state index in [4.69, 9.17) is 0 Å². The van der Waals surface area contributed by atoms with Crippen molar-refractivity contribution in [3.63, 3.8) is 0 Å². The van der Waals surface area contributed by atoms with E-state index in [1.165, 1.54) is 11.1 Å². The fraction of sp³-hybridized carbons (Fsp3) is 0.533. The Balaban J connectivity index is 2.00. The van der Waals surface area contributed by atoms with Crippen LogP contribution in [0.2, 0.25) is 0 Å². The van der Waals surface area contributed by atoms with Gasteiger partial charge in [-0.1, -0.05) is 24.3 Å². The lowest BCUT2D eigenvalue weighted by Gasteiger charge is -2.27. The van der Waals surface area contributed by atoms with Crippen molar-refractivity contribution in [1.29, 1.82) is 0 Å². The lowest BCUT2D eigenvalue weighted by Crippen LogP contribution is -2.30. The molecule has 1 amide bonds. The zero-order valence-corrected chi connectivity index (χ0v) is 11.3. The summed E-state index contributed by atoms with van der Waals surface area (Å²) < 4.78 is 0. The van der Waals surface area contributed by atoms with Gasteiger partial charge in [-0.2, -0.15) is 0 Å². The van der Waals surface area contributed by atoms with Gasteiger partial charge in [-0.15, -0.1) is 0 Å². The monoisotopic (exact) mass is 244 g/mol. The molecule has 0 spiro atoms. The molecule has 0 saturated carbocycles. The first-order valence-electron chi connectivity index (χ1n) is 6.60.